The predicted molar refractivity (Wildman–Crippen MR) is 69.1 cm³/mol. The first kappa shape index (κ1) is 12.5. The van der Waals surface area contributed by atoms with Crippen molar-refractivity contribution < 1.29 is 20.7 Å². The Hall–Kier alpha value is -2.28. The second-order valence-electron chi connectivity index (χ2n) is 4.55. The van der Waals surface area contributed by atoms with Gasteiger partial charge in [-0.25, -0.2) is 4.98 Å². The van der Waals surface area contributed by atoms with E-state index in [1.165, 1.54) is 10.9 Å². The van der Waals surface area contributed by atoms with Crippen molar-refractivity contribution in [1.29, 1.82) is 0 Å². The molecule has 0 bridgehead atoms. The van der Waals surface area contributed by atoms with E-state index in [2.05, 4.69) is 20.9 Å². The molecule has 3 rings (SSSR count). The molecule has 2 aromatic rings. The third-order valence-corrected chi connectivity index (χ3v) is 3.36. The maximum atomic E-state index is 13.3. The van der Waals surface area contributed by atoms with Crippen molar-refractivity contribution in [3.8, 4) is 12.3 Å². The van der Waals surface area contributed by atoms with Crippen molar-refractivity contribution in [3.05, 3.63) is 12.4 Å². The summed E-state index contributed by atoms with van der Waals surface area (Å²) in [6, 6.07) is 0. The number of terminal acetylenes is 1. The first-order chi connectivity index (χ1) is 10.3. The Morgan fingerprint density at radius 1 is 1.71 bits per heavy atom. The summed E-state index contributed by atoms with van der Waals surface area (Å²) < 4.78 is 28.0. The summed E-state index contributed by atoms with van der Waals surface area (Å²) in [5.41, 5.74) is 3.86. The van der Waals surface area contributed by atoms with Crippen LogP contribution in [0.5, 0.6) is 0 Å². The van der Waals surface area contributed by atoms with Gasteiger partial charge in [-0.3, -0.25) is 4.57 Å². The minimum Gasteiger partial charge on any atom is -0.392 e. The van der Waals surface area contributed by atoms with Gasteiger partial charge in [0.15, 0.2) is 22.6 Å². The maximum Gasteiger partial charge on any atom is 0.312 e. The molecular formula is C12H12FN5O3. The summed E-state index contributed by atoms with van der Waals surface area (Å²) in [6.45, 7) is -0.752. The number of imidazole rings is 1. The van der Waals surface area contributed by atoms with Crippen LogP contribution in [-0.2, 0) is 4.74 Å². The highest BCUT2D eigenvalue weighted by atomic mass is 19.1. The molecule has 9 heteroatoms. The fraction of sp³-hybridized carbons (Fsp3) is 0.417. The van der Waals surface area contributed by atoms with Crippen LogP contribution in [0, 0.1) is 18.4 Å². The quantitative estimate of drug-likeness (QED) is 0.489. The number of aliphatic hydroxyl groups is 2. The van der Waals surface area contributed by atoms with Crippen molar-refractivity contribution in [1.82, 2.24) is 19.5 Å². The van der Waals surface area contributed by atoms with Gasteiger partial charge in [-0.15, -0.1) is 6.42 Å². The average Bonchev–Trinajstić information content (AvgIpc) is 2.97. The molecule has 2 aromatic heterocycles. The van der Waals surface area contributed by atoms with Crippen LogP contribution in [0.2, 0.25) is 0 Å². The monoisotopic (exact) mass is 294 g/mol. The highest BCUT2D eigenvalue weighted by Crippen LogP contribution is 2.37. The fourth-order valence-electron chi connectivity index (χ4n) is 2.24. The van der Waals surface area contributed by atoms with Crippen molar-refractivity contribution in [2.24, 2.45) is 0 Å². The zero-order valence-electron chi connectivity index (χ0n) is 11.7. The molecule has 0 amide bonds. The fourth-order valence-corrected chi connectivity index (χ4v) is 2.24. The van der Waals surface area contributed by atoms with Gasteiger partial charge in [0.05, 0.1) is 14.3 Å². The molecule has 0 aromatic carbocycles. The standard InChI is InChI=1S/C12H12FN5O3/c1-2-12(4-19)6(20)3-7(21-12)18-5-15-8-9(14)16-11(13)17-10(8)18/h1,5-7,19-20H,3-4H2,(H2,14,16,17)/t6-,7+,12+/m0/s1/i6D. The molecule has 1 fully saturated rings. The molecule has 8 nitrogen and oxygen atoms in total. The summed E-state index contributed by atoms with van der Waals surface area (Å²) in [6.07, 6.45) is 2.04. The van der Waals surface area contributed by atoms with Crippen LogP contribution in [0.4, 0.5) is 10.2 Å². The van der Waals surface area contributed by atoms with Crippen LogP contribution in [-0.4, -0.2) is 48.0 Å². The minimum atomic E-state index is -2.23. The van der Waals surface area contributed by atoms with Crippen LogP contribution < -0.4 is 5.73 Å². The number of halogens is 1. The molecule has 0 radical (unpaired) electrons. The van der Waals surface area contributed by atoms with E-state index in [0.29, 0.717) is 0 Å². The lowest BCUT2D eigenvalue weighted by Gasteiger charge is -2.23. The van der Waals surface area contributed by atoms with Gasteiger partial charge in [0, 0.05) is 6.42 Å². The Bertz CT molecular complexity index is 789. The molecule has 1 saturated heterocycles. The number of anilines is 1. The SMILES string of the molecule is [2H][C@]1(O)C[C@H](n2cnc3c(N)nc(F)nc32)O[C@]1(C#C)CO. The normalized spacial score (nSPS) is 33.0. The Labute approximate surface area is 119 Å². The number of nitrogens with zero attached hydrogens (tertiary/aromatic N) is 4. The lowest BCUT2D eigenvalue weighted by molar-refractivity contribution is -0.0891. The van der Waals surface area contributed by atoms with Gasteiger partial charge < -0.3 is 20.7 Å². The van der Waals surface area contributed by atoms with E-state index >= 15 is 0 Å². The third-order valence-electron chi connectivity index (χ3n) is 3.36. The average molecular weight is 294 g/mol. The molecule has 1 aliphatic heterocycles. The Morgan fingerprint density at radius 3 is 3.10 bits per heavy atom. The lowest BCUT2D eigenvalue weighted by Crippen LogP contribution is -2.41. The Morgan fingerprint density at radius 2 is 2.48 bits per heavy atom. The molecule has 0 saturated carbocycles. The predicted octanol–water partition coefficient (Wildman–Crippen LogP) is -0.808. The second kappa shape index (κ2) is 4.63. The van der Waals surface area contributed by atoms with E-state index < -0.39 is 30.6 Å². The number of aliphatic hydroxyl groups excluding tert-OH is 1. The van der Waals surface area contributed by atoms with E-state index in [0.717, 1.165) is 0 Å². The minimum absolute atomic E-state index is 0.0385. The largest absolute Gasteiger partial charge is 0.392 e. The highest BCUT2D eigenvalue weighted by molar-refractivity contribution is 5.81. The summed E-state index contributed by atoms with van der Waals surface area (Å²) in [4.78, 5) is 10.9. The molecule has 21 heavy (non-hydrogen) atoms. The van der Waals surface area contributed by atoms with Crippen molar-refractivity contribution in [2.45, 2.75) is 24.3 Å². The number of ether oxygens (including phenoxy) is 1. The van der Waals surface area contributed by atoms with Crippen LogP contribution in [0.15, 0.2) is 6.33 Å². The van der Waals surface area contributed by atoms with Gasteiger partial charge in [0.2, 0.25) is 0 Å². The molecule has 4 N–H and O–H groups in total. The molecule has 0 spiro atoms. The third kappa shape index (κ3) is 1.92. The van der Waals surface area contributed by atoms with Gasteiger partial charge in [0.25, 0.3) is 0 Å². The van der Waals surface area contributed by atoms with Crippen LogP contribution in [0.3, 0.4) is 0 Å². The van der Waals surface area contributed by atoms with Crippen LogP contribution in [0.1, 0.15) is 14.0 Å². The maximum absolute atomic E-state index is 13.3. The summed E-state index contributed by atoms with van der Waals surface area (Å²) in [5.74, 6) is 1.96. The van der Waals surface area contributed by atoms with Crippen molar-refractivity contribution >= 4 is 17.0 Å². The van der Waals surface area contributed by atoms with Crippen LogP contribution in [0.25, 0.3) is 11.2 Å². The van der Waals surface area contributed by atoms with E-state index in [-0.39, 0.29) is 23.4 Å². The van der Waals surface area contributed by atoms with E-state index in [1.807, 2.05) is 0 Å². The number of fused-ring (bicyclic) bond motifs is 1. The summed E-state index contributed by atoms with van der Waals surface area (Å²) in [5, 5.41) is 19.5. The molecule has 0 unspecified atom stereocenters. The summed E-state index contributed by atoms with van der Waals surface area (Å²) in [7, 11) is 0. The van der Waals surface area contributed by atoms with Gasteiger partial charge in [-0.1, -0.05) is 5.92 Å². The number of nitrogens with two attached hydrogens (primary N) is 1. The number of hydrogen-bond acceptors (Lipinski definition) is 7. The molecule has 0 aliphatic carbocycles. The number of aromatic nitrogens is 4. The van der Waals surface area contributed by atoms with Gasteiger partial charge in [0.1, 0.15) is 12.3 Å². The number of nitrogen functional groups attached to an aromatic ring is 1. The van der Waals surface area contributed by atoms with Crippen LogP contribution >= 0.6 is 0 Å². The van der Waals surface area contributed by atoms with Crippen molar-refractivity contribution in [3.63, 3.8) is 0 Å². The van der Waals surface area contributed by atoms with E-state index in [4.69, 9.17) is 18.3 Å². The second-order valence-corrected chi connectivity index (χ2v) is 4.55. The zero-order valence-corrected chi connectivity index (χ0v) is 10.7. The summed E-state index contributed by atoms with van der Waals surface area (Å²) >= 11 is 0. The lowest BCUT2D eigenvalue weighted by atomic mass is 9.99. The molecule has 1 aliphatic rings. The van der Waals surface area contributed by atoms with E-state index in [1.54, 1.807) is 0 Å². The highest BCUT2D eigenvalue weighted by Gasteiger charge is 2.47. The van der Waals surface area contributed by atoms with Gasteiger partial charge >= 0.3 is 6.08 Å². The first-order valence-electron chi connectivity index (χ1n) is 6.48. The molecule has 3 atom stereocenters. The van der Waals surface area contributed by atoms with E-state index in [9.17, 15) is 14.6 Å². The smallest absolute Gasteiger partial charge is 0.312 e. The topological polar surface area (TPSA) is 119 Å². The number of rotatable bonds is 2. The van der Waals surface area contributed by atoms with Gasteiger partial charge in [-0.2, -0.15) is 14.4 Å². The molecular weight excluding hydrogens is 281 g/mol. The Kier molecular flexibility index (Phi) is 2.75. The first-order valence-corrected chi connectivity index (χ1v) is 5.98. The zero-order chi connectivity index (χ0) is 16.1. The molecule has 3 heterocycles. The van der Waals surface area contributed by atoms with Crippen molar-refractivity contribution in [2.75, 3.05) is 12.3 Å². The molecule has 110 valence electrons. The number of hydrogen-bond donors (Lipinski definition) is 3. The Balaban J connectivity index is 2.09. The van der Waals surface area contributed by atoms with Gasteiger partial charge in [-0.05, 0) is 0 Å².